The highest BCUT2D eigenvalue weighted by molar-refractivity contribution is 6.06. The van der Waals surface area contributed by atoms with E-state index in [9.17, 15) is 0 Å². The molecule has 1 aliphatic carbocycles. The normalized spacial score (nSPS) is 15.6. The van der Waals surface area contributed by atoms with Crippen molar-refractivity contribution in [2.75, 3.05) is 9.80 Å². The fraction of sp³-hybridized carbons (Fsp3) is 0.0385. The van der Waals surface area contributed by atoms with Crippen molar-refractivity contribution in [3.05, 3.63) is 224 Å². The molecule has 0 spiro atoms. The third-order valence-electron chi connectivity index (χ3n) is 11.0. The lowest BCUT2D eigenvalue weighted by atomic mass is 9.91. The summed E-state index contributed by atoms with van der Waals surface area (Å²) in [6.45, 7) is 0. The standard InChI is InChI=1S/C52H38N2/c1-3-14-37(15-4-1)38-26-30-42(31-27-38)53(52-35-34-45(40-16-5-2-6-17-40)46-20-7-8-21-47(46)52)43-32-28-39(29-33-43)41-18-13-19-44(36-41)54-50-24-11-9-22-48(50)49-23-10-12-25-51(49)54/h1-36,48,50H. The highest BCUT2D eigenvalue weighted by Crippen LogP contribution is 2.48. The van der Waals surface area contributed by atoms with Crippen LogP contribution >= 0.6 is 0 Å². The van der Waals surface area contributed by atoms with Gasteiger partial charge >= 0.3 is 0 Å². The number of hydrogen-bond donors (Lipinski definition) is 0. The van der Waals surface area contributed by atoms with Gasteiger partial charge < -0.3 is 9.80 Å². The molecule has 8 aromatic rings. The Morgan fingerprint density at radius 1 is 0.407 bits per heavy atom. The first-order valence-corrected chi connectivity index (χ1v) is 18.8. The molecule has 0 saturated carbocycles. The zero-order valence-electron chi connectivity index (χ0n) is 29.8. The maximum atomic E-state index is 2.50. The second-order valence-electron chi connectivity index (χ2n) is 14.1. The van der Waals surface area contributed by atoms with E-state index in [1.54, 1.807) is 0 Å². The van der Waals surface area contributed by atoms with E-state index in [1.807, 2.05) is 0 Å². The number of allylic oxidation sites excluding steroid dienone is 2. The zero-order valence-corrected chi connectivity index (χ0v) is 29.8. The Morgan fingerprint density at radius 2 is 0.981 bits per heavy atom. The Kier molecular flexibility index (Phi) is 8.00. The summed E-state index contributed by atoms with van der Waals surface area (Å²) in [5.41, 5.74) is 14.5. The van der Waals surface area contributed by atoms with E-state index >= 15 is 0 Å². The Morgan fingerprint density at radius 3 is 1.72 bits per heavy atom. The second-order valence-corrected chi connectivity index (χ2v) is 14.1. The molecule has 0 amide bonds. The molecule has 0 saturated heterocycles. The van der Waals surface area contributed by atoms with E-state index in [-0.39, 0.29) is 6.04 Å². The average molecular weight is 691 g/mol. The highest BCUT2D eigenvalue weighted by atomic mass is 15.2. The molecule has 2 nitrogen and oxygen atoms in total. The van der Waals surface area contributed by atoms with E-state index in [0.717, 1.165) is 17.1 Å². The van der Waals surface area contributed by atoms with E-state index in [4.69, 9.17) is 0 Å². The van der Waals surface area contributed by atoms with Gasteiger partial charge in [0.1, 0.15) is 0 Å². The summed E-state index contributed by atoms with van der Waals surface area (Å²) < 4.78 is 0. The van der Waals surface area contributed by atoms with Crippen molar-refractivity contribution in [3.8, 4) is 33.4 Å². The molecule has 1 heterocycles. The van der Waals surface area contributed by atoms with Crippen LogP contribution < -0.4 is 9.80 Å². The summed E-state index contributed by atoms with van der Waals surface area (Å²) >= 11 is 0. The number of para-hydroxylation sites is 1. The second kappa shape index (κ2) is 13.6. The van der Waals surface area contributed by atoms with Gasteiger partial charge in [-0.15, -0.1) is 0 Å². The molecule has 2 unspecified atom stereocenters. The first kappa shape index (κ1) is 31.8. The molecule has 8 aromatic carbocycles. The van der Waals surface area contributed by atoms with Crippen molar-refractivity contribution < 1.29 is 0 Å². The molecule has 0 N–H and O–H groups in total. The Bertz CT molecular complexity index is 2660. The molecule has 2 aliphatic rings. The first-order valence-electron chi connectivity index (χ1n) is 18.8. The van der Waals surface area contributed by atoms with Crippen molar-refractivity contribution in [3.63, 3.8) is 0 Å². The Hall–Kier alpha value is -6.90. The predicted octanol–water partition coefficient (Wildman–Crippen LogP) is 14.0. The summed E-state index contributed by atoms with van der Waals surface area (Å²) in [6, 6.07) is 70.8. The van der Waals surface area contributed by atoms with Crippen LogP contribution in [0.25, 0.3) is 44.2 Å². The summed E-state index contributed by atoms with van der Waals surface area (Å²) in [7, 11) is 0. The van der Waals surface area contributed by atoms with E-state index in [1.165, 1.54) is 61.1 Å². The Balaban J connectivity index is 1.05. The minimum atomic E-state index is 0.273. The molecule has 0 bridgehead atoms. The zero-order chi connectivity index (χ0) is 35.8. The van der Waals surface area contributed by atoms with Crippen LogP contribution in [0.3, 0.4) is 0 Å². The fourth-order valence-electron chi connectivity index (χ4n) is 8.44. The van der Waals surface area contributed by atoms with Crippen molar-refractivity contribution in [2.45, 2.75) is 12.0 Å². The summed E-state index contributed by atoms with van der Waals surface area (Å²) in [4.78, 5) is 4.90. The van der Waals surface area contributed by atoms with Gasteiger partial charge in [0.05, 0.1) is 11.7 Å². The van der Waals surface area contributed by atoms with Crippen LogP contribution in [-0.4, -0.2) is 6.04 Å². The fourth-order valence-corrected chi connectivity index (χ4v) is 8.44. The molecular weight excluding hydrogens is 653 g/mol. The van der Waals surface area contributed by atoms with Gasteiger partial charge in [0, 0.05) is 34.1 Å². The Labute approximate surface area is 317 Å². The van der Waals surface area contributed by atoms with Crippen LogP contribution in [0.2, 0.25) is 0 Å². The van der Waals surface area contributed by atoms with Gasteiger partial charge in [-0.25, -0.2) is 0 Å². The smallest absolute Gasteiger partial charge is 0.0629 e. The average Bonchev–Trinajstić information content (AvgIpc) is 3.59. The monoisotopic (exact) mass is 690 g/mol. The van der Waals surface area contributed by atoms with Gasteiger partial charge in [-0.1, -0.05) is 170 Å². The SMILES string of the molecule is C1=CC2c3ccccc3N(c3cccc(-c4ccc(N(c5ccc(-c6ccccc6)cc5)c5ccc(-c6ccccc6)c6ccccc56)cc4)c3)C2C=C1. The number of benzene rings is 8. The van der Waals surface area contributed by atoms with Gasteiger partial charge in [-0.05, 0) is 92.9 Å². The van der Waals surface area contributed by atoms with Crippen LogP contribution in [0.4, 0.5) is 28.4 Å². The maximum absolute atomic E-state index is 2.50. The van der Waals surface area contributed by atoms with Gasteiger partial charge in [0.15, 0.2) is 0 Å². The van der Waals surface area contributed by atoms with Crippen molar-refractivity contribution in [2.24, 2.45) is 0 Å². The molecule has 256 valence electrons. The van der Waals surface area contributed by atoms with Gasteiger partial charge in [-0.2, -0.15) is 0 Å². The predicted molar refractivity (Wildman–Crippen MR) is 228 cm³/mol. The van der Waals surface area contributed by atoms with E-state index in [2.05, 4.69) is 228 Å². The van der Waals surface area contributed by atoms with E-state index < -0.39 is 0 Å². The first-order chi connectivity index (χ1) is 26.8. The summed E-state index contributed by atoms with van der Waals surface area (Å²) in [5.74, 6) is 0.361. The lowest BCUT2D eigenvalue weighted by Gasteiger charge is -2.29. The van der Waals surface area contributed by atoms with Crippen LogP contribution in [-0.2, 0) is 0 Å². The molecule has 2 heteroatoms. The third-order valence-corrected chi connectivity index (χ3v) is 11.0. The van der Waals surface area contributed by atoms with Crippen LogP contribution in [0.5, 0.6) is 0 Å². The minimum absolute atomic E-state index is 0.273. The lowest BCUT2D eigenvalue weighted by molar-refractivity contribution is 0.745. The molecule has 0 radical (unpaired) electrons. The number of hydrogen-bond acceptors (Lipinski definition) is 2. The van der Waals surface area contributed by atoms with Crippen molar-refractivity contribution in [1.82, 2.24) is 0 Å². The topological polar surface area (TPSA) is 6.48 Å². The third kappa shape index (κ3) is 5.60. The number of fused-ring (bicyclic) bond motifs is 4. The van der Waals surface area contributed by atoms with Gasteiger partial charge in [0.2, 0.25) is 0 Å². The summed E-state index contributed by atoms with van der Waals surface area (Å²) in [5, 5.41) is 2.44. The lowest BCUT2D eigenvalue weighted by Crippen LogP contribution is -2.28. The van der Waals surface area contributed by atoms with E-state index in [0.29, 0.717) is 5.92 Å². The molecule has 2 atom stereocenters. The van der Waals surface area contributed by atoms with Crippen LogP contribution in [0.1, 0.15) is 11.5 Å². The number of nitrogens with zero attached hydrogens (tertiary/aromatic N) is 2. The summed E-state index contributed by atoms with van der Waals surface area (Å²) in [6.07, 6.45) is 9.04. The number of anilines is 5. The van der Waals surface area contributed by atoms with Crippen molar-refractivity contribution >= 4 is 39.2 Å². The van der Waals surface area contributed by atoms with Crippen molar-refractivity contribution in [1.29, 1.82) is 0 Å². The maximum Gasteiger partial charge on any atom is 0.0629 e. The van der Waals surface area contributed by atoms with Gasteiger partial charge in [0.25, 0.3) is 0 Å². The quantitative estimate of drug-likeness (QED) is 0.164. The number of rotatable bonds is 7. The van der Waals surface area contributed by atoms with Gasteiger partial charge in [-0.3, -0.25) is 0 Å². The molecule has 1 aliphatic heterocycles. The highest BCUT2D eigenvalue weighted by Gasteiger charge is 2.37. The molecule has 10 rings (SSSR count). The van der Waals surface area contributed by atoms with Crippen LogP contribution in [0, 0.1) is 0 Å². The molecule has 0 fully saturated rings. The van der Waals surface area contributed by atoms with Crippen LogP contribution in [0.15, 0.2) is 218 Å². The molecular formula is C52H38N2. The minimum Gasteiger partial charge on any atom is -0.333 e. The molecule has 54 heavy (non-hydrogen) atoms. The molecule has 0 aromatic heterocycles. The largest absolute Gasteiger partial charge is 0.333 e.